The lowest BCUT2D eigenvalue weighted by atomic mass is 9.89. The Balaban J connectivity index is 1.97. The van der Waals surface area contributed by atoms with E-state index in [-0.39, 0.29) is 22.8 Å². The third kappa shape index (κ3) is 3.71. The number of carbonyl (C=O) groups excluding carboxylic acids is 1. The van der Waals surface area contributed by atoms with Gasteiger partial charge >= 0.3 is 0 Å². The second-order valence-electron chi connectivity index (χ2n) is 6.98. The molecule has 142 valence electrons. The van der Waals surface area contributed by atoms with E-state index in [1.54, 1.807) is 15.9 Å². The van der Waals surface area contributed by atoms with Crippen molar-refractivity contribution in [3.05, 3.63) is 20.8 Å². The van der Waals surface area contributed by atoms with E-state index in [4.69, 9.17) is 15.7 Å². The van der Waals surface area contributed by atoms with Gasteiger partial charge in [0.2, 0.25) is 0 Å². The van der Waals surface area contributed by atoms with Crippen LogP contribution in [0.5, 0.6) is 0 Å². The molecule has 8 heteroatoms. The molecule has 2 aromatic rings. The molecule has 0 aliphatic heterocycles. The number of carbonyl (C=O) groups is 1. The van der Waals surface area contributed by atoms with Gasteiger partial charge in [0, 0.05) is 17.1 Å². The first-order valence-electron chi connectivity index (χ1n) is 9.02. The number of hydrogen-bond donors (Lipinski definition) is 1. The maximum absolute atomic E-state index is 13.1. The van der Waals surface area contributed by atoms with Gasteiger partial charge in [-0.15, -0.1) is 11.3 Å². The van der Waals surface area contributed by atoms with Crippen LogP contribution in [0.15, 0.2) is 9.95 Å². The van der Waals surface area contributed by atoms with E-state index < -0.39 is 5.92 Å². The maximum Gasteiger partial charge on any atom is 0.263 e. The molecule has 3 rings (SSSR count). The summed E-state index contributed by atoms with van der Waals surface area (Å²) in [5, 5.41) is 17.9. The Kier molecular flexibility index (Phi) is 5.82. The highest BCUT2D eigenvalue weighted by Gasteiger charge is 2.25. The van der Waals surface area contributed by atoms with Crippen molar-refractivity contribution in [2.45, 2.75) is 51.7 Å². The summed E-state index contributed by atoms with van der Waals surface area (Å²) in [7, 11) is 0. The van der Waals surface area contributed by atoms with Crippen molar-refractivity contribution in [1.82, 2.24) is 9.55 Å². The molecule has 0 radical (unpaired) electrons. The number of hydrogen-bond acceptors (Lipinski definition) is 7. The Morgan fingerprint density at radius 1 is 1.56 bits per heavy atom. The highest BCUT2D eigenvalue weighted by molar-refractivity contribution is 7.99. The topological polar surface area (TPSA) is 99.6 Å². The van der Waals surface area contributed by atoms with Crippen LogP contribution in [0.2, 0.25) is 0 Å². The largest absolute Gasteiger partial charge is 0.308 e. The van der Waals surface area contributed by atoms with Crippen molar-refractivity contribution in [1.29, 1.82) is 10.7 Å². The van der Waals surface area contributed by atoms with Crippen molar-refractivity contribution in [3.8, 4) is 6.07 Å². The van der Waals surface area contributed by atoms with E-state index in [2.05, 4.69) is 6.92 Å². The fourth-order valence-corrected chi connectivity index (χ4v) is 5.82. The van der Waals surface area contributed by atoms with E-state index >= 15 is 0 Å². The number of nitriles is 1. The molecule has 0 aromatic carbocycles. The summed E-state index contributed by atoms with van der Waals surface area (Å²) in [5.41, 5.74) is 1.16. The second kappa shape index (κ2) is 7.95. The van der Waals surface area contributed by atoms with Crippen LogP contribution in [-0.2, 0) is 24.2 Å². The molecule has 0 saturated carbocycles. The zero-order valence-corrected chi connectivity index (χ0v) is 17.3. The average Bonchev–Trinajstić information content (AvgIpc) is 2.97. The van der Waals surface area contributed by atoms with Crippen molar-refractivity contribution < 1.29 is 4.79 Å². The van der Waals surface area contributed by atoms with Crippen LogP contribution in [0.25, 0.3) is 10.2 Å². The Morgan fingerprint density at radius 3 is 2.93 bits per heavy atom. The first kappa shape index (κ1) is 19.8. The van der Waals surface area contributed by atoms with Gasteiger partial charge in [-0.2, -0.15) is 5.26 Å². The Bertz CT molecular complexity index is 1020. The fraction of sp³-hybridized carbons (Fsp3) is 0.526. The molecule has 27 heavy (non-hydrogen) atoms. The van der Waals surface area contributed by atoms with Crippen LogP contribution in [0.3, 0.4) is 0 Å². The van der Waals surface area contributed by atoms with E-state index in [1.807, 2.05) is 13.0 Å². The number of nitrogens with one attached hydrogen (secondary N) is 1. The number of fused-ring (bicyclic) bond motifs is 3. The normalized spacial score (nSPS) is 17.3. The summed E-state index contributed by atoms with van der Waals surface area (Å²) in [5.74, 6) is -0.711. The smallest absolute Gasteiger partial charge is 0.263 e. The van der Waals surface area contributed by atoms with E-state index in [0.717, 1.165) is 35.0 Å². The minimum absolute atomic E-state index is 0.0223. The highest BCUT2D eigenvalue weighted by atomic mass is 32.2. The monoisotopic (exact) mass is 402 g/mol. The molecule has 1 N–H and O–H groups in total. The summed E-state index contributed by atoms with van der Waals surface area (Å²) < 4.78 is 1.62. The molecule has 2 heterocycles. The first-order valence-corrected chi connectivity index (χ1v) is 10.8. The van der Waals surface area contributed by atoms with Gasteiger partial charge < -0.3 is 5.41 Å². The zero-order chi connectivity index (χ0) is 19.7. The lowest BCUT2D eigenvalue weighted by Crippen LogP contribution is -2.25. The van der Waals surface area contributed by atoms with E-state index in [0.29, 0.717) is 17.6 Å². The molecule has 6 nitrogen and oxygen atoms in total. The minimum Gasteiger partial charge on any atom is -0.308 e. The summed E-state index contributed by atoms with van der Waals surface area (Å²) in [4.78, 5) is 32.0. The molecule has 0 fully saturated rings. The first-order chi connectivity index (χ1) is 12.9. The van der Waals surface area contributed by atoms with Crippen LogP contribution in [-0.4, -0.2) is 26.8 Å². The third-order valence-electron chi connectivity index (χ3n) is 4.92. The number of rotatable bonds is 6. The van der Waals surface area contributed by atoms with Crippen LogP contribution in [0.4, 0.5) is 0 Å². The Hall–Kier alpha value is -1.98. The summed E-state index contributed by atoms with van der Waals surface area (Å²) in [6.45, 7) is 6.06. The van der Waals surface area contributed by atoms with Crippen LogP contribution in [0.1, 0.15) is 37.6 Å². The zero-order valence-electron chi connectivity index (χ0n) is 15.7. The summed E-state index contributed by atoms with van der Waals surface area (Å²) in [6, 6.07) is 1.87. The molecule has 2 atom stereocenters. The van der Waals surface area contributed by atoms with Crippen LogP contribution >= 0.6 is 23.1 Å². The fourth-order valence-electron chi connectivity index (χ4n) is 3.42. The number of Topliss-reactive ketones (excluding diaryl/α,β-unsaturated/α-hetero) is 1. The van der Waals surface area contributed by atoms with Crippen molar-refractivity contribution >= 4 is 44.8 Å². The van der Waals surface area contributed by atoms with Gasteiger partial charge in [-0.1, -0.05) is 18.7 Å². The predicted octanol–water partition coefficient (Wildman–Crippen LogP) is 3.44. The number of thiophene rings is 1. The molecule has 0 unspecified atom stereocenters. The molecular weight excluding hydrogens is 380 g/mol. The predicted molar refractivity (Wildman–Crippen MR) is 109 cm³/mol. The number of aromatic nitrogens is 2. The van der Waals surface area contributed by atoms with E-state index in [9.17, 15) is 9.59 Å². The quantitative estimate of drug-likeness (QED) is 0.453. The van der Waals surface area contributed by atoms with Gasteiger partial charge in [-0.05, 0) is 44.6 Å². The Labute approximate surface area is 166 Å². The van der Waals surface area contributed by atoms with Gasteiger partial charge in [-0.25, -0.2) is 4.98 Å². The standard InChI is InChI=1S/C19H22N4O2S2/c1-4-23-18(25)16-12-6-5-10(2)7-15(12)27-17(16)22-19(23)26-9-14(24)13(8-20)11(3)21/h10,13,21H,4-7,9H2,1-3H3/t10-,13-/m1/s1. The molecule has 0 saturated heterocycles. The summed E-state index contributed by atoms with van der Waals surface area (Å²) in [6.07, 6.45) is 3.00. The molecular formula is C19H22N4O2S2. The molecule has 0 spiro atoms. The molecule has 1 aliphatic rings. The maximum atomic E-state index is 13.1. The lowest BCUT2D eigenvalue weighted by molar-refractivity contribution is -0.117. The van der Waals surface area contributed by atoms with Crippen molar-refractivity contribution in [2.75, 3.05) is 5.75 Å². The van der Waals surface area contributed by atoms with Crippen LogP contribution in [0, 0.1) is 28.6 Å². The minimum atomic E-state index is -1.03. The van der Waals surface area contributed by atoms with Gasteiger partial charge in [-0.3, -0.25) is 14.2 Å². The highest BCUT2D eigenvalue weighted by Crippen LogP contribution is 2.36. The van der Waals surface area contributed by atoms with Gasteiger partial charge in [0.15, 0.2) is 10.9 Å². The average molecular weight is 403 g/mol. The van der Waals surface area contributed by atoms with Gasteiger partial charge in [0.05, 0.1) is 17.2 Å². The second-order valence-corrected chi connectivity index (χ2v) is 9.00. The lowest BCUT2D eigenvalue weighted by Gasteiger charge is -2.17. The van der Waals surface area contributed by atoms with Gasteiger partial charge in [0.25, 0.3) is 5.56 Å². The third-order valence-corrected chi connectivity index (χ3v) is 7.07. The van der Waals surface area contributed by atoms with Crippen molar-refractivity contribution in [2.24, 2.45) is 11.8 Å². The number of thioether (sulfide) groups is 1. The molecule has 0 bridgehead atoms. The SMILES string of the molecule is CCn1c(SCC(=O)[C@H](C#N)C(C)=N)nc2sc3c(c2c1=O)CC[C@@H](C)C3. The molecule has 1 aliphatic carbocycles. The summed E-state index contributed by atoms with van der Waals surface area (Å²) >= 11 is 2.77. The van der Waals surface area contributed by atoms with Crippen LogP contribution < -0.4 is 5.56 Å². The number of nitrogens with zero attached hydrogens (tertiary/aromatic N) is 3. The number of aryl methyl sites for hydroxylation is 1. The number of ketones is 1. The molecule has 0 amide bonds. The molecule has 2 aromatic heterocycles. The Morgan fingerprint density at radius 2 is 2.30 bits per heavy atom. The van der Waals surface area contributed by atoms with Gasteiger partial charge in [0.1, 0.15) is 10.7 Å². The van der Waals surface area contributed by atoms with E-state index in [1.165, 1.54) is 23.6 Å². The van der Waals surface area contributed by atoms with Crippen molar-refractivity contribution in [3.63, 3.8) is 0 Å².